The molecule has 2 atom stereocenters. The molecule has 0 aromatic carbocycles. The Labute approximate surface area is 142 Å². The molecule has 2 amide bonds. The Morgan fingerprint density at radius 1 is 1.52 bits per heavy atom. The number of urea groups is 1. The number of alkyl halides is 1. The van der Waals surface area contributed by atoms with Crippen molar-refractivity contribution in [1.82, 2.24) is 15.1 Å². The van der Waals surface area contributed by atoms with Crippen LogP contribution < -0.4 is 9.64 Å². The molecule has 0 aliphatic carbocycles. The lowest BCUT2D eigenvalue weighted by Gasteiger charge is -2.38. The van der Waals surface area contributed by atoms with E-state index in [1.54, 1.807) is 4.90 Å². The Balaban J connectivity index is 2.20. The first kappa shape index (κ1) is 17.5. The minimum absolute atomic E-state index is 0.279. The van der Waals surface area contributed by atoms with Crippen molar-refractivity contribution in [3.63, 3.8) is 0 Å². The zero-order chi connectivity index (χ0) is 17.0. The lowest BCUT2D eigenvalue weighted by molar-refractivity contribution is 0.00900. The summed E-state index contributed by atoms with van der Waals surface area (Å²) in [6, 6.07) is -0.325. The summed E-state index contributed by atoms with van der Waals surface area (Å²) in [5.74, 6) is 0. The van der Waals surface area contributed by atoms with Gasteiger partial charge < -0.3 is 19.1 Å². The summed E-state index contributed by atoms with van der Waals surface area (Å²) in [5, 5.41) is 8.29. The van der Waals surface area contributed by atoms with Gasteiger partial charge in [0.15, 0.2) is 11.8 Å². The van der Waals surface area contributed by atoms with Crippen molar-refractivity contribution in [3.05, 3.63) is 0 Å². The molecule has 11 heteroatoms. The second kappa shape index (κ2) is 7.64. The van der Waals surface area contributed by atoms with Gasteiger partial charge in [0.1, 0.15) is 0 Å². The standard InChI is InChI=1S/C12H17ClN4O5S/c1-4-16-6-5-8(22-12(19)21-7(2)13)17(11(16)18)9-14-15-10(20-3)23-9/h7-8H,4-6H2,1-3H3. The van der Waals surface area contributed by atoms with Crippen LogP contribution in [0.2, 0.25) is 0 Å². The van der Waals surface area contributed by atoms with Gasteiger partial charge >= 0.3 is 12.2 Å². The van der Waals surface area contributed by atoms with Crippen LogP contribution in [-0.2, 0) is 9.47 Å². The Morgan fingerprint density at radius 2 is 2.26 bits per heavy atom. The summed E-state index contributed by atoms with van der Waals surface area (Å²) in [7, 11) is 1.45. The van der Waals surface area contributed by atoms with Crippen LogP contribution in [0.1, 0.15) is 20.3 Å². The molecule has 2 rings (SSSR count). The SMILES string of the molecule is CCN1CCC(OC(=O)OC(C)Cl)N(c2nnc(OC)s2)C1=O. The van der Waals surface area contributed by atoms with E-state index in [0.29, 0.717) is 24.7 Å². The van der Waals surface area contributed by atoms with Crippen LogP contribution in [0.25, 0.3) is 0 Å². The van der Waals surface area contributed by atoms with Crippen molar-refractivity contribution in [2.24, 2.45) is 0 Å². The summed E-state index contributed by atoms with van der Waals surface area (Å²) in [6.07, 6.45) is -1.38. The minimum Gasteiger partial charge on any atom is -0.472 e. The highest BCUT2D eigenvalue weighted by Crippen LogP contribution is 2.31. The van der Waals surface area contributed by atoms with Crippen molar-refractivity contribution >= 4 is 40.3 Å². The predicted molar refractivity (Wildman–Crippen MR) is 82.9 cm³/mol. The van der Waals surface area contributed by atoms with Crippen molar-refractivity contribution in [1.29, 1.82) is 0 Å². The quantitative estimate of drug-likeness (QED) is 0.584. The van der Waals surface area contributed by atoms with Gasteiger partial charge in [-0.1, -0.05) is 16.7 Å². The fourth-order valence-electron chi connectivity index (χ4n) is 2.03. The monoisotopic (exact) mass is 364 g/mol. The van der Waals surface area contributed by atoms with Gasteiger partial charge in [-0.25, -0.2) is 14.5 Å². The first-order chi connectivity index (χ1) is 11.0. The molecule has 23 heavy (non-hydrogen) atoms. The summed E-state index contributed by atoms with van der Waals surface area (Å²) < 4.78 is 14.9. The molecule has 128 valence electrons. The zero-order valence-electron chi connectivity index (χ0n) is 12.9. The highest BCUT2D eigenvalue weighted by atomic mass is 35.5. The number of carbonyl (C=O) groups is 2. The summed E-state index contributed by atoms with van der Waals surface area (Å²) in [5.41, 5.74) is -0.830. The molecule has 9 nitrogen and oxygen atoms in total. The fraction of sp³-hybridized carbons (Fsp3) is 0.667. The molecule has 2 heterocycles. The van der Waals surface area contributed by atoms with Gasteiger partial charge in [0.25, 0.3) is 5.19 Å². The van der Waals surface area contributed by atoms with Crippen LogP contribution in [0.4, 0.5) is 14.7 Å². The van der Waals surface area contributed by atoms with Crippen LogP contribution in [0.5, 0.6) is 5.19 Å². The number of amides is 2. The van der Waals surface area contributed by atoms with Crippen molar-refractivity contribution in [2.75, 3.05) is 25.1 Å². The lowest BCUT2D eigenvalue weighted by Crippen LogP contribution is -2.56. The van der Waals surface area contributed by atoms with Gasteiger partial charge in [-0.15, -0.1) is 5.10 Å². The van der Waals surface area contributed by atoms with Crippen molar-refractivity contribution in [2.45, 2.75) is 32.1 Å². The van der Waals surface area contributed by atoms with Gasteiger partial charge in [-0.3, -0.25) is 0 Å². The smallest absolute Gasteiger partial charge is 0.472 e. The van der Waals surface area contributed by atoms with E-state index in [1.165, 1.54) is 18.9 Å². The van der Waals surface area contributed by atoms with E-state index in [2.05, 4.69) is 10.2 Å². The molecule has 0 spiro atoms. The van der Waals surface area contributed by atoms with Gasteiger partial charge in [-0.2, -0.15) is 0 Å². The van der Waals surface area contributed by atoms with Gasteiger partial charge in [0, 0.05) is 19.5 Å². The number of hydrogen-bond acceptors (Lipinski definition) is 8. The molecule has 1 saturated heterocycles. The van der Waals surface area contributed by atoms with Gasteiger partial charge in [-0.05, 0) is 25.2 Å². The number of halogens is 1. The third kappa shape index (κ3) is 4.14. The Morgan fingerprint density at radius 3 is 2.83 bits per heavy atom. The van der Waals surface area contributed by atoms with Crippen LogP contribution in [0, 0.1) is 0 Å². The summed E-state index contributed by atoms with van der Waals surface area (Å²) in [4.78, 5) is 27.1. The second-order valence-electron chi connectivity index (χ2n) is 4.56. The van der Waals surface area contributed by atoms with Crippen molar-refractivity contribution < 1.29 is 23.8 Å². The highest BCUT2D eigenvalue weighted by molar-refractivity contribution is 7.17. The molecular formula is C12H17ClN4O5S. The average Bonchev–Trinajstić information content (AvgIpc) is 2.95. The van der Waals surface area contributed by atoms with Crippen LogP contribution in [0.3, 0.4) is 0 Å². The molecule has 0 bridgehead atoms. The summed E-state index contributed by atoms with van der Waals surface area (Å²) >= 11 is 6.67. The van der Waals surface area contributed by atoms with Gasteiger partial charge in [0.05, 0.1) is 7.11 Å². The number of rotatable bonds is 5. The fourth-order valence-corrected chi connectivity index (χ4v) is 2.80. The highest BCUT2D eigenvalue weighted by Gasteiger charge is 2.38. The molecule has 1 aliphatic rings. The number of aromatic nitrogens is 2. The molecule has 0 N–H and O–H groups in total. The number of methoxy groups -OCH3 is 1. The average molecular weight is 365 g/mol. The normalized spacial score (nSPS) is 19.5. The van der Waals surface area contributed by atoms with Gasteiger partial charge in [0.2, 0.25) is 5.13 Å². The van der Waals surface area contributed by atoms with E-state index in [1.807, 2.05) is 6.92 Å². The molecule has 1 fully saturated rings. The summed E-state index contributed by atoms with van der Waals surface area (Å²) in [6.45, 7) is 4.33. The van der Waals surface area contributed by atoms with Crippen LogP contribution >= 0.6 is 22.9 Å². The third-order valence-corrected chi connectivity index (χ3v) is 4.03. The molecule has 1 aromatic rings. The van der Waals surface area contributed by atoms with Crippen LogP contribution in [0.15, 0.2) is 0 Å². The van der Waals surface area contributed by atoms with E-state index in [9.17, 15) is 9.59 Å². The largest absolute Gasteiger partial charge is 0.511 e. The second-order valence-corrected chi connectivity index (χ2v) is 6.09. The number of ether oxygens (including phenoxy) is 3. The van der Waals surface area contributed by atoms with E-state index in [0.717, 1.165) is 11.3 Å². The lowest BCUT2D eigenvalue weighted by atomic mass is 10.2. The Hall–Kier alpha value is -1.81. The number of anilines is 1. The maximum absolute atomic E-state index is 12.6. The topological polar surface area (TPSA) is 94.1 Å². The number of hydrogen-bond donors (Lipinski definition) is 0. The third-order valence-electron chi connectivity index (χ3n) is 3.06. The molecule has 0 radical (unpaired) electrons. The molecule has 2 unspecified atom stereocenters. The van der Waals surface area contributed by atoms with Crippen molar-refractivity contribution in [3.8, 4) is 5.19 Å². The predicted octanol–water partition coefficient (Wildman–Crippen LogP) is 2.26. The Kier molecular flexibility index (Phi) is 5.83. The zero-order valence-corrected chi connectivity index (χ0v) is 14.5. The molecule has 1 aromatic heterocycles. The number of carbonyl (C=O) groups excluding carboxylic acids is 2. The Bertz CT molecular complexity index is 569. The van der Waals surface area contributed by atoms with E-state index >= 15 is 0 Å². The molecule has 0 saturated carbocycles. The molecular weight excluding hydrogens is 348 g/mol. The van der Waals surface area contributed by atoms with E-state index < -0.39 is 17.9 Å². The molecule has 1 aliphatic heterocycles. The van der Waals surface area contributed by atoms with E-state index in [-0.39, 0.29) is 11.2 Å². The first-order valence-electron chi connectivity index (χ1n) is 6.93. The maximum atomic E-state index is 12.6. The number of nitrogens with zero attached hydrogens (tertiary/aromatic N) is 4. The maximum Gasteiger partial charge on any atom is 0.511 e. The first-order valence-corrected chi connectivity index (χ1v) is 8.18. The van der Waals surface area contributed by atoms with E-state index in [4.69, 9.17) is 25.8 Å². The van der Waals surface area contributed by atoms with Crippen LogP contribution in [-0.4, -0.2) is 59.3 Å². The minimum atomic E-state index is -0.947.